The van der Waals surface area contributed by atoms with Gasteiger partial charge in [0, 0.05) is 4.88 Å². The molecule has 110 valence electrons. The van der Waals surface area contributed by atoms with E-state index in [1.165, 1.54) is 16.9 Å². The van der Waals surface area contributed by atoms with Gasteiger partial charge in [-0.2, -0.15) is 0 Å². The molecule has 3 unspecified atom stereocenters. The summed E-state index contributed by atoms with van der Waals surface area (Å²) < 4.78 is 0. The van der Waals surface area contributed by atoms with E-state index in [1.807, 2.05) is 11.3 Å². The normalized spacial score (nSPS) is 33.5. The molecule has 0 saturated heterocycles. The zero-order valence-corrected chi connectivity index (χ0v) is 13.0. The second kappa shape index (κ2) is 5.49. The van der Waals surface area contributed by atoms with Crippen molar-refractivity contribution >= 4 is 17.2 Å². The van der Waals surface area contributed by atoms with Crippen LogP contribution in [0.15, 0.2) is 11.4 Å². The Morgan fingerprint density at radius 2 is 2.30 bits per heavy atom. The molecule has 0 spiro atoms. The first kappa shape index (κ1) is 14.1. The van der Waals surface area contributed by atoms with Crippen LogP contribution >= 0.6 is 11.3 Å². The van der Waals surface area contributed by atoms with Crippen LogP contribution in [0.5, 0.6) is 0 Å². The van der Waals surface area contributed by atoms with Gasteiger partial charge >= 0.3 is 0 Å². The molecule has 1 saturated carbocycles. The Labute approximate surface area is 124 Å². The third-order valence-corrected chi connectivity index (χ3v) is 5.84. The highest BCUT2D eigenvalue weighted by Gasteiger charge is 2.39. The van der Waals surface area contributed by atoms with E-state index in [2.05, 4.69) is 23.7 Å². The summed E-state index contributed by atoms with van der Waals surface area (Å²) in [6.07, 6.45) is 7.27. The highest BCUT2D eigenvalue weighted by atomic mass is 32.1. The molecule has 2 aliphatic rings. The lowest BCUT2D eigenvalue weighted by molar-refractivity contribution is -0.129. The first-order valence-electron chi connectivity index (χ1n) is 7.74. The molecular weight excluding hydrogens is 268 g/mol. The Balaban J connectivity index is 1.71. The van der Waals surface area contributed by atoms with E-state index in [1.54, 1.807) is 0 Å². The Morgan fingerprint density at radius 1 is 1.45 bits per heavy atom. The molecule has 0 bridgehead atoms. The van der Waals surface area contributed by atoms with Gasteiger partial charge in [0.05, 0.1) is 11.6 Å². The second-order valence-electron chi connectivity index (χ2n) is 6.58. The first-order chi connectivity index (χ1) is 9.58. The highest BCUT2D eigenvalue weighted by Crippen LogP contribution is 2.35. The van der Waals surface area contributed by atoms with Crippen molar-refractivity contribution in [1.29, 1.82) is 0 Å². The van der Waals surface area contributed by atoms with Gasteiger partial charge in [-0.3, -0.25) is 4.79 Å². The van der Waals surface area contributed by atoms with Gasteiger partial charge in [-0.15, -0.1) is 11.3 Å². The molecule has 1 fully saturated rings. The SMILES string of the molecule is CC1CCCC(N)(C(=O)NC2CCCc3sccc32)C1. The number of fused-ring (bicyclic) bond motifs is 1. The summed E-state index contributed by atoms with van der Waals surface area (Å²) in [5.74, 6) is 0.621. The van der Waals surface area contributed by atoms with Crippen LogP contribution in [0.3, 0.4) is 0 Å². The molecule has 1 heterocycles. The molecular formula is C16H24N2OS. The fourth-order valence-electron chi connectivity index (χ4n) is 3.74. The molecule has 4 heteroatoms. The maximum absolute atomic E-state index is 12.6. The Morgan fingerprint density at radius 3 is 3.10 bits per heavy atom. The third-order valence-electron chi connectivity index (χ3n) is 4.84. The predicted molar refractivity (Wildman–Crippen MR) is 82.7 cm³/mol. The number of hydrogen-bond donors (Lipinski definition) is 2. The second-order valence-corrected chi connectivity index (χ2v) is 7.58. The van der Waals surface area contributed by atoms with E-state index in [0.29, 0.717) is 5.92 Å². The zero-order valence-electron chi connectivity index (χ0n) is 12.2. The number of hydrogen-bond acceptors (Lipinski definition) is 3. The molecule has 2 aliphatic carbocycles. The molecule has 0 radical (unpaired) electrons. The quantitative estimate of drug-likeness (QED) is 0.880. The molecule has 3 nitrogen and oxygen atoms in total. The van der Waals surface area contributed by atoms with E-state index < -0.39 is 5.54 Å². The lowest BCUT2D eigenvalue weighted by Gasteiger charge is -2.37. The predicted octanol–water partition coefficient (Wildman–Crippen LogP) is 3.15. The van der Waals surface area contributed by atoms with Crippen LogP contribution in [0, 0.1) is 5.92 Å². The van der Waals surface area contributed by atoms with Gasteiger partial charge in [0.1, 0.15) is 0 Å². The lowest BCUT2D eigenvalue weighted by atomic mass is 9.76. The minimum Gasteiger partial charge on any atom is -0.348 e. The minimum absolute atomic E-state index is 0.0631. The van der Waals surface area contributed by atoms with Gasteiger partial charge in [0.2, 0.25) is 5.91 Å². The van der Waals surface area contributed by atoms with E-state index in [4.69, 9.17) is 5.73 Å². The van der Waals surface area contributed by atoms with Gasteiger partial charge in [0.25, 0.3) is 0 Å². The third kappa shape index (κ3) is 2.63. The van der Waals surface area contributed by atoms with E-state index in [9.17, 15) is 4.79 Å². The van der Waals surface area contributed by atoms with Gasteiger partial charge in [-0.05, 0) is 55.0 Å². The molecule has 0 aliphatic heterocycles. The highest BCUT2D eigenvalue weighted by molar-refractivity contribution is 7.10. The monoisotopic (exact) mass is 292 g/mol. The van der Waals surface area contributed by atoms with Crippen molar-refractivity contribution in [2.45, 2.75) is 63.5 Å². The molecule has 20 heavy (non-hydrogen) atoms. The van der Waals surface area contributed by atoms with Crippen molar-refractivity contribution in [2.75, 3.05) is 0 Å². The number of nitrogens with one attached hydrogen (secondary N) is 1. The zero-order chi connectivity index (χ0) is 14.2. The van der Waals surface area contributed by atoms with Crippen LogP contribution in [0.25, 0.3) is 0 Å². The topological polar surface area (TPSA) is 55.1 Å². The van der Waals surface area contributed by atoms with Crippen molar-refractivity contribution in [3.8, 4) is 0 Å². The van der Waals surface area contributed by atoms with Crippen LogP contribution in [-0.4, -0.2) is 11.4 Å². The summed E-state index contributed by atoms with van der Waals surface area (Å²) in [4.78, 5) is 14.1. The summed E-state index contributed by atoms with van der Waals surface area (Å²) in [7, 11) is 0. The molecule has 1 aromatic rings. The number of carbonyl (C=O) groups is 1. The van der Waals surface area contributed by atoms with Crippen molar-refractivity contribution in [3.63, 3.8) is 0 Å². The van der Waals surface area contributed by atoms with Crippen LogP contribution in [0.1, 0.15) is 61.9 Å². The molecule has 3 atom stereocenters. The van der Waals surface area contributed by atoms with E-state index in [0.717, 1.165) is 38.5 Å². The van der Waals surface area contributed by atoms with Crippen LogP contribution in [0.2, 0.25) is 0 Å². The number of nitrogens with two attached hydrogens (primary N) is 1. The van der Waals surface area contributed by atoms with Crippen LogP contribution in [-0.2, 0) is 11.2 Å². The number of aryl methyl sites for hydroxylation is 1. The molecule has 1 amide bonds. The Kier molecular flexibility index (Phi) is 3.87. The van der Waals surface area contributed by atoms with Gasteiger partial charge in [-0.1, -0.05) is 19.8 Å². The standard InChI is InChI=1S/C16H24N2OS/c1-11-4-3-8-16(17,10-11)15(19)18-13-5-2-6-14-12(13)7-9-20-14/h7,9,11,13H,2-6,8,10,17H2,1H3,(H,18,19). The van der Waals surface area contributed by atoms with Crippen molar-refractivity contribution < 1.29 is 4.79 Å². The number of rotatable bonds is 2. The largest absolute Gasteiger partial charge is 0.348 e. The summed E-state index contributed by atoms with van der Waals surface area (Å²) >= 11 is 1.81. The molecule has 1 aromatic heterocycles. The molecule has 3 rings (SSSR count). The van der Waals surface area contributed by atoms with Crippen molar-refractivity contribution in [3.05, 3.63) is 21.9 Å². The summed E-state index contributed by atoms with van der Waals surface area (Å²) in [5, 5.41) is 5.37. The summed E-state index contributed by atoms with van der Waals surface area (Å²) in [6, 6.07) is 2.34. The van der Waals surface area contributed by atoms with Gasteiger partial charge < -0.3 is 11.1 Å². The lowest BCUT2D eigenvalue weighted by Crippen LogP contribution is -2.56. The maximum Gasteiger partial charge on any atom is 0.240 e. The van der Waals surface area contributed by atoms with E-state index in [-0.39, 0.29) is 11.9 Å². The van der Waals surface area contributed by atoms with Crippen molar-refractivity contribution in [2.24, 2.45) is 11.7 Å². The van der Waals surface area contributed by atoms with Crippen molar-refractivity contribution in [1.82, 2.24) is 5.32 Å². The summed E-state index contributed by atoms with van der Waals surface area (Å²) in [5.41, 5.74) is 7.07. The first-order valence-corrected chi connectivity index (χ1v) is 8.62. The van der Waals surface area contributed by atoms with Gasteiger partial charge in [-0.25, -0.2) is 0 Å². The smallest absolute Gasteiger partial charge is 0.240 e. The fraction of sp³-hybridized carbons (Fsp3) is 0.688. The van der Waals surface area contributed by atoms with Crippen LogP contribution < -0.4 is 11.1 Å². The Hall–Kier alpha value is -0.870. The maximum atomic E-state index is 12.6. The number of carbonyl (C=O) groups excluding carboxylic acids is 1. The van der Waals surface area contributed by atoms with Crippen LogP contribution in [0.4, 0.5) is 0 Å². The fourth-order valence-corrected chi connectivity index (χ4v) is 4.72. The number of amides is 1. The average Bonchev–Trinajstić information content (AvgIpc) is 2.87. The number of thiophene rings is 1. The van der Waals surface area contributed by atoms with Gasteiger partial charge in [0.15, 0.2) is 0 Å². The molecule has 0 aromatic carbocycles. The summed E-state index contributed by atoms with van der Waals surface area (Å²) in [6.45, 7) is 2.20. The molecule has 3 N–H and O–H groups in total. The minimum atomic E-state index is -0.648. The Bertz CT molecular complexity index is 498. The average molecular weight is 292 g/mol. The van der Waals surface area contributed by atoms with E-state index >= 15 is 0 Å².